The SMILES string of the molecule is COc1ccc(C)cc1NC(=O)[C@H](Nc1cccc(CO)c1)c1ccccc1. The van der Waals surface area contributed by atoms with Crippen molar-refractivity contribution < 1.29 is 14.6 Å². The van der Waals surface area contributed by atoms with Gasteiger partial charge in [0.1, 0.15) is 11.8 Å². The zero-order valence-electron chi connectivity index (χ0n) is 16.0. The molecule has 3 rings (SSSR count). The maximum absolute atomic E-state index is 13.2. The minimum absolute atomic E-state index is 0.0573. The van der Waals surface area contributed by atoms with Gasteiger partial charge in [0.2, 0.25) is 0 Å². The summed E-state index contributed by atoms with van der Waals surface area (Å²) in [5.74, 6) is 0.401. The van der Waals surface area contributed by atoms with E-state index in [-0.39, 0.29) is 12.5 Å². The minimum Gasteiger partial charge on any atom is -0.495 e. The Balaban J connectivity index is 1.90. The monoisotopic (exact) mass is 376 g/mol. The summed E-state index contributed by atoms with van der Waals surface area (Å²) in [5, 5.41) is 15.6. The molecule has 0 aromatic heterocycles. The molecule has 5 nitrogen and oxygen atoms in total. The summed E-state index contributed by atoms with van der Waals surface area (Å²) in [4.78, 5) is 13.2. The molecule has 0 saturated heterocycles. The van der Waals surface area contributed by atoms with Crippen molar-refractivity contribution in [2.24, 2.45) is 0 Å². The molecule has 0 aliphatic carbocycles. The summed E-state index contributed by atoms with van der Waals surface area (Å²) in [6.45, 7) is 1.90. The number of hydrogen-bond donors (Lipinski definition) is 3. The zero-order valence-corrected chi connectivity index (χ0v) is 16.0. The summed E-state index contributed by atoms with van der Waals surface area (Å²) in [6.07, 6.45) is 0. The van der Waals surface area contributed by atoms with Gasteiger partial charge < -0.3 is 20.5 Å². The van der Waals surface area contributed by atoms with Gasteiger partial charge in [-0.25, -0.2) is 0 Å². The van der Waals surface area contributed by atoms with E-state index in [0.717, 1.165) is 22.4 Å². The first-order valence-electron chi connectivity index (χ1n) is 9.07. The molecule has 28 heavy (non-hydrogen) atoms. The van der Waals surface area contributed by atoms with Crippen LogP contribution in [0.1, 0.15) is 22.7 Å². The van der Waals surface area contributed by atoms with Gasteiger partial charge in [-0.05, 0) is 47.9 Å². The van der Waals surface area contributed by atoms with E-state index >= 15 is 0 Å². The number of nitrogens with one attached hydrogen (secondary N) is 2. The third-order valence-corrected chi connectivity index (χ3v) is 4.43. The lowest BCUT2D eigenvalue weighted by Gasteiger charge is -2.21. The lowest BCUT2D eigenvalue weighted by atomic mass is 10.0. The molecular formula is C23H24N2O3. The van der Waals surface area contributed by atoms with Crippen LogP contribution in [0.3, 0.4) is 0 Å². The molecule has 0 fully saturated rings. The van der Waals surface area contributed by atoms with Gasteiger partial charge in [0.15, 0.2) is 0 Å². The molecule has 0 saturated carbocycles. The molecule has 0 aliphatic rings. The van der Waals surface area contributed by atoms with Crippen molar-refractivity contribution in [3.63, 3.8) is 0 Å². The van der Waals surface area contributed by atoms with Crippen molar-refractivity contribution in [1.29, 1.82) is 0 Å². The van der Waals surface area contributed by atoms with Gasteiger partial charge in [0.25, 0.3) is 5.91 Å². The van der Waals surface area contributed by atoms with E-state index in [2.05, 4.69) is 10.6 Å². The van der Waals surface area contributed by atoms with Crippen LogP contribution in [0.15, 0.2) is 72.8 Å². The van der Waals surface area contributed by atoms with Crippen LogP contribution in [0.4, 0.5) is 11.4 Å². The first-order valence-corrected chi connectivity index (χ1v) is 9.07. The molecule has 144 valence electrons. The van der Waals surface area contributed by atoms with Crippen molar-refractivity contribution in [3.8, 4) is 5.75 Å². The Morgan fingerprint density at radius 1 is 1.04 bits per heavy atom. The Morgan fingerprint density at radius 2 is 1.82 bits per heavy atom. The summed E-state index contributed by atoms with van der Waals surface area (Å²) in [6, 6.07) is 21.9. The second-order valence-electron chi connectivity index (χ2n) is 6.54. The largest absolute Gasteiger partial charge is 0.495 e. The quantitative estimate of drug-likeness (QED) is 0.575. The molecule has 0 bridgehead atoms. The van der Waals surface area contributed by atoms with Gasteiger partial charge in [0.05, 0.1) is 19.4 Å². The van der Waals surface area contributed by atoms with Gasteiger partial charge in [-0.1, -0.05) is 48.5 Å². The number of hydrogen-bond acceptors (Lipinski definition) is 4. The Bertz CT molecular complexity index is 942. The lowest BCUT2D eigenvalue weighted by molar-refractivity contribution is -0.117. The number of carbonyl (C=O) groups is 1. The molecule has 5 heteroatoms. The fourth-order valence-electron chi connectivity index (χ4n) is 3.00. The molecule has 0 aliphatic heterocycles. The number of carbonyl (C=O) groups excluding carboxylic acids is 1. The number of aryl methyl sites for hydroxylation is 1. The predicted octanol–water partition coefficient (Wildman–Crippen LogP) is 4.29. The van der Waals surface area contributed by atoms with Crippen LogP contribution >= 0.6 is 0 Å². The minimum atomic E-state index is -0.611. The first-order chi connectivity index (χ1) is 13.6. The smallest absolute Gasteiger partial charge is 0.251 e. The summed E-state index contributed by atoms with van der Waals surface area (Å²) < 4.78 is 5.37. The van der Waals surface area contributed by atoms with E-state index in [1.54, 1.807) is 7.11 Å². The number of rotatable bonds is 7. The maximum atomic E-state index is 13.2. The van der Waals surface area contributed by atoms with E-state index in [9.17, 15) is 9.90 Å². The third kappa shape index (κ3) is 4.69. The van der Waals surface area contributed by atoms with Crippen molar-refractivity contribution in [2.45, 2.75) is 19.6 Å². The van der Waals surface area contributed by atoms with Crippen molar-refractivity contribution in [3.05, 3.63) is 89.5 Å². The van der Waals surface area contributed by atoms with Gasteiger partial charge in [-0.2, -0.15) is 0 Å². The maximum Gasteiger partial charge on any atom is 0.251 e. The number of aliphatic hydroxyl groups excluding tert-OH is 1. The second kappa shape index (κ2) is 9.06. The Labute approximate surface area is 165 Å². The summed E-state index contributed by atoms with van der Waals surface area (Å²) >= 11 is 0. The Morgan fingerprint density at radius 3 is 2.54 bits per heavy atom. The van der Waals surface area contributed by atoms with Crippen molar-refractivity contribution in [2.75, 3.05) is 17.7 Å². The fourth-order valence-corrected chi connectivity index (χ4v) is 3.00. The summed E-state index contributed by atoms with van der Waals surface area (Å²) in [7, 11) is 1.58. The van der Waals surface area contributed by atoms with Crippen LogP contribution in [0.5, 0.6) is 5.75 Å². The number of amides is 1. The Kier molecular flexibility index (Phi) is 6.29. The number of anilines is 2. The molecule has 1 atom stereocenters. The molecule has 3 aromatic carbocycles. The highest BCUT2D eigenvalue weighted by atomic mass is 16.5. The zero-order chi connectivity index (χ0) is 19.9. The van der Waals surface area contributed by atoms with E-state index in [1.165, 1.54) is 0 Å². The molecular weight excluding hydrogens is 352 g/mol. The standard InChI is InChI=1S/C23H24N2O3/c1-16-11-12-21(28-2)20(13-16)25-23(27)22(18-8-4-3-5-9-18)24-19-10-6-7-17(14-19)15-26/h3-14,22,24,26H,15H2,1-2H3,(H,25,27)/t22-/m1/s1. The van der Waals surface area contributed by atoms with E-state index in [0.29, 0.717) is 11.4 Å². The van der Waals surface area contributed by atoms with Crippen molar-refractivity contribution in [1.82, 2.24) is 0 Å². The van der Waals surface area contributed by atoms with E-state index in [1.807, 2.05) is 79.7 Å². The molecule has 0 heterocycles. The average Bonchev–Trinajstić information content (AvgIpc) is 2.73. The van der Waals surface area contributed by atoms with Crippen LogP contribution in [0.2, 0.25) is 0 Å². The second-order valence-corrected chi connectivity index (χ2v) is 6.54. The fraction of sp³-hybridized carbons (Fsp3) is 0.174. The molecule has 3 aromatic rings. The van der Waals surface area contributed by atoms with Crippen LogP contribution < -0.4 is 15.4 Å². The van der Waals surface area contributed by atoms with E-state index in [4.69, 9.17) is 4.74 Å². The number of ether oxygens (including phenoxy) is 1. The normalized spacial score (nSPS) is 11.5. The predicted molar refractivity (Wildman–Crippen MR) is 112 cm³/mol. The number of aliphatic hydroxyl groups is 1. The van der Waals surface area contributed by atoms with Gasteiger partial charge in [0, 0.05) is 5.69 Å². The van der Waals surface area contributed by atoms with Crippen LogP contribution in [-0.2, 0) is 11.4 Å². The van der Waals surface area contributed by atoms with Gasteiger partial charge in [-0.15, -0.1) is 0 Å². The highest BCUT2D eigenvalue weighted by Crippen LogP contribution is 2.28. The molecule has 3 N–H and O–H groups in total. The molecule has 0 unspecified atom stereocenters. The van der Waals surface area contributed by atoms with Gasteiger partial charge in [-0.3, -0.25) is 4.79 Å². The lowest BCUT2D eigenvalue weighted by Crippen LogP contribution is -2.27. The highest BCUT2D eigenvalue weighted by molar-refractivity contribution is 5.98. The van der Waals surface area contributed by atoms with Crippen molar-refractivity contribution >= 4 is 17.3 Å². The topological polar surface area (TPSA) is 70.6 Å². The van der Waals surface area contributed by atoms with Crippen LogP contribution in [-0.4, -0.2) is 18.1 Å². The molecule has 0 radical (unpaired) electrons. The number of methoxy groups -OCH3 is 1. The van der Waals surface area contributed by atoms with Crippen LogP contribution in [0.25, 0.3) is 0 Å². The molecule has 0 spiro atoms. The van der Waals surface area contributed by atoms with Crippen LogP contribution in [0, 0.1) is 6.92 Å². The van der Waals surface area contributed by atoms with E-state index < -0.39 is 6.04 Å². The summed E-state index contributed by atoms with van der Waals surface area (Å²) in [5.41, 5.74) is 4.01. The molecule has 1 amide bonds. The average molecular weight is 376 g/mol. The first kappa shape index (κ1) is 19.5. The number of benzene rings is 3. The Hall–Kier alpha value is -3.31. The highest BCUT2D eigenvalue weighted by Gasteiger charge is 2.22. The van der Waals surface area contributed by atoms with Gasteiger partial charge >= 0.3 is 0 Å². The third-order valence-electron chi connectivity index (χ3n) is 4.43.